The van der Waals surface area contributed by atoms with Crippen LogP contribution in [0.3, 0.4) is 0 Å². The van der Waals surface area contributed by atoms with E-state index in [1.165, 1.54) is 34.8 Å². The monoisotopic (exact) mass is 356 g/mol. The molecule has 0 saturated heterocycles. The Balaban J connectivity index is 1.62. The Morgan fingerprint density at radius 1 is 1.12 bits per heavy atom. The van der Waals surface area contributed by atoms with Gasteiger partial charge in [0.05, 0.1) is 30.9 Å². The number of hydrogen-bond acceptors (Lipinski definition) is 7. The lowest BCUT2D eigenvalue weighted by Gasteiger charge is -2.01. The first-order valence-electron chi connectivity index (χ1n) is 6.80. The third-order valence-electron chi connectivity index (χ3n) is 3.40. The van der Waals surface area contributed by atoms with Crippen LogP contribution < -0.4 is 5.32 Å². The highest BCUT2D eigenvalue weighted by Crippen LogP contribution is 2.29. The SMILES string of the molecule is O=C(Nc1nc2ccc([N+](=O)[O-])cc2s1)c1ccc2ncsc2c1. The lowest BCUT2D eigenvalue weighted by Crippen LogP contribution is -2.11. The van der Waals surface area contributed by atoms with E-state index in [4.69, 9.17) is 0 Å². The van der Waals surface area contributed by atoms with Crippen LogP contribution in [-0.4, -0.2) is 20.8 Å². The molecule has 0 aliphatic heterocycles. The third-order valence-corrected chi connectivity index (χ3v) is 5.12. The van der Waals surface area contributed by atoms with Gasteiger partial charge in [0.25, 0.3) is 11.6 Å². The number of carbonyl (C=O) groups is 1. The van der Waals surface area contributed by atoms with Crippen molar-refractivity contribution < 1.29 is 9.72 Å². The summed E-state index contributed by atoms with van der Waals surface area (Å²) in [7, 11) is 0. The van der Waals surface area contributed by atoms with Gasteiger partial charge in [-0.1, -0.05) is 11.3 Å². The number of fused-ring (bicyclic) bond motifs is 2. The molecule has 4 aromatic rings. The van der Waals surface area contributed by atoms with Gasteiger partial charge in [-0.05, 0) is 24.3 Å². The fraction of sp³-hybridized carbons (Fsp3) is 0. The second kappa shape index (κ2) is 5.62. The number of carbonyl (C=O) groups excluding carboxylic acids is 1. The normalized spacial score (nSPS) is 11.0. The van der Waals surface area contributed by atoms with Gasteiger partial charge < -0.3 is 0 Å². The molecule has 0 aliphatic rings. The van der Waals surface area contributed by atoms with Gasteiger partial charge in [-0.15, -0.1) is 11.3 Å². The zero-order chi connectivity index (χ0) is 16.7. The molecule has 0 unspecified atom stereocenters. The van der Waals surface area contributed by atoms with Crippen molar-refractivity contribution in [3.05, 3.63) is 57.6 Å². The van der Waals surface area contributed by atoms with Gasteiger partial charge in [-0.3, -0.25) is 20.2 Å². The molecular formula is C15H8N4O3S2. The number of aromatic nitrogens is 2. The summed E-state index contributed by atoms with van der Waals surface area (Å²) >= 11 is 2.67. The molecule has 4 rings (SSSR count). The van der Waals surface area contributed by atoms with Crippen molar-refractivity contribution >= 4 is 59.8 Å². The van der Waals surface area contributed by atoms with Crippen molar-refractivity contribution in [2.75, 3.05) is 5.32 Å². The van der Waals surface area contributed by atoms with Crippen LogP contribution >= 0.6 is 22.7 Å². The molecule has 0 spiro atoms. The Kier molecular flexibility index (Phi) is 3.44. The minimum atomic E-state index is -0.457. The number of nitro benzene ring substituents is 1. The highest BCUT2D eigenvalue weighted by Gasteiger charge is 2.13. The summed E-state index contributed by atoms with van der Waals surface area (Å²) in [6.07, 6.45) is 0. The van der Waals surface area contributed by atoms with Crippen LogP contribution in [0.15, 0.2) is 41.9 Å². The summed E-state index contributed by atoms with van der Waals surface area (Å²) in [5.74, 6) is -0.279. The van der Waals surface area contributed by atoms with Gasteiger partial charge in [0, 0.05) is 17.7 Å². The Labute approximate surface area is 142 Å². The fourth-order valence-corrected chi connectivity index (χ4v) is 3.86. The molecule has 24 heavy (non-hydrogen) atoms. The molecule has 1 N–H and O–H groups in total. The van der Waals surface area contributed by atoms with Crippen LogP contribution in [0.25, 0.3) is 20.4 Å². The second-order valence-corrected chi connectivity index (χ2v) is 6.83. The summed E-state index contributed by atoms with van der Waals surface area (Å²) in [4.78, 5) is 31.2. The van der Waals surface area contributed by atoms with Crippen molar-refractivity contribution in [3.63, 3.8) is 0 Å². The van der Waals surface area contributed by atoms with E-state index >= 15 is 0 Å². The van der Waals surface area contributed by atoms with E-state index in [1.54, 1.807) is 29.8 Å². The number of rotatable bonds is 3. The minimum absolute atomic E-state index is 0.000302. The van der Waals surface area contributed by atoms with Crippen LogP contribution in [-0.2, 0) is 0 Å². The van der Waals surface area contributed by atoms with Gasteiger partial charge in [-0.2, -0.15) is 0 Å². The number of amides is 1. The number of non-ortho nitro benzene ring substituents is 1. The molecule has 7 nitrogen and oxygen atoms in total. The molecule has 0 bridgehead atoms. The van der Waals surface area contributed by atoms with Crippen molar-refractivity contribution in [1.82, 2.24) is 9.97 Å². The maximum Gasteiger partial charge on any atom is 0.270 e. The zero-order valence-electron chi connectivity index (χ0n) is 11.9. The average Bonchev–Trinajstić information content (AvgIpc) is 3.18. The maximum atomic E-state index is 12.4. The topological polar surface area (TPSA) is 98.0 Å². The van der Waals surface area contributed by atoms with E-state index in [0.29, 0.717) is 20.9 Å². The molecule has 2 heterocycles. The van der Waals surface area contributed by atoms with Crippen LogP contribution in [0.5, 0.6) is 0 Å². The number of thiazole rings is 2. The highest BCUT2D eigenvalue weighted by atomic mass is 32.1. The molecule has 2 aromatic carbocycles. The molecule has 0 atom stereocenters. The highest BCUT2D eigenvalue weighted by molar-refractivity contribution is 7.22. The van der Waals surface area contributed by atoms with Crippen molar-refractivity contribution in [2.24, 2.45) is 0 Å². The van der Waals surface area contributed by atoms with E-state index in [1.807, 2.05) is 0 Å². The summed E-state index contributed by atoms with van der Waals surface area (Å²) in [5.41, 5.74) is 3.70. The van der Waals surface area contributed by atoms with Crippen LogP contribution in [0.1, 0.15) is 10.4 Å². The number of benzene rings is 2. The Hall–Kier alpha value is -2.91. The van der Waals surface area contributed by atoms with E-state index < -0.39 is 4.92 Å². The van der Waals surface area contributed by atoms with Gasteiger partial charge in [0.2, 0.25) is 0 Å². The van der Waals surface area contributed by atoms with E-state index in [-0.39, 0.29) is 11.6 Å². The molecule has 9 heteroatoms. The van der Waals surface area contributed by atoms with E-state index in [2.05, 4.69) is 15.3 Å². The average molecular weight is 356 g/mol. The fourth-order valence-electron chi connectivity index (χ4n) is 2.25. The van der Waals surface area contributed by atoms with Gasteiger partial charge in [-0.25, -0.2) is 9.97 Å². The Morgan fingerprint density at radius 2 is 1.96 bits per heavy atom. The van der Waals surface area contributed by atoms with E-state index in [0.717, 1.165) is 10.2 Å². The smallest absolute Gasteiger partial charge is 0.270 e. The number of nitro groups is 1. The standard InChI is InChI=1S/C15H8N4O3S2/c20-14(8-1-3-10-12(5-8)23-7-16-10)18-15-17-11-4-2-9(19(21)22)6-13(11)24-15/h1-7H,(H,17,18,20). The van der Waals surface area contributed by atoms with Crippen molar-refractivity contribution in [1.29, 1.82) is 0 Å². The summed E-state index contributed by atoms with van der Waals surface area (Å²) in [5, 5.41) is 14.0. The predicted octanol–water partition coefficient (Wildman–Crippen LogP) is 4.07. The molecule has 0 aliphatic carbocycles. The van der Waals surface area contributed by atoms with Crippen LogP contribution in [0.4, 0.5) is 10.8 Å². The Morgan fingerprint density at radius 3 is 2.79 bits per heavy atom. The molecule has 0 saturated carbocycles. The first-order valence-corrected chi connectivity index (χ1v) is 8.49. The quantitative estimate of drug-likeness (QED) is 0.441. The van der Waals surface area contributed by atoms with E-state index in [9.17, 15) is 14.9 Å². The molecule has 2 aromatic heterocycles. The van der Waals surface area contributed by atoms with Gasteiger partial charge in [0.1, 0.15) is 0 Å². The molecule has 118 valence electrons. The minimum Gasteiger partial charge on any atom is -0.298 e. The predicted molar refractivity (Wildman–Crippen MR) is 93.8 cm³/mol. The lowest BCUT2D eigenvalue weighted by atomic mass is 10.2. The second-order valence-electron chi connectivity index (χ2n) is 4.92. The number of nitrogens with one attached hydrogen (secondary N) is 1. The third kappa shape index (κ3) is 2.59. The summed E-state index contributed by atoms with van der Waals surface area (Å²) in [6, 6.07) is 9.69. The maximum absolute atomic E-state index is 12.4. The van der Waals surface area contributed by atoms with Crippen LogP contribution in [0.2, 0.25) is 0 Å². The Bertz CT molecular complexity index is 1100. The number of hydrogen-bond donors (Lipinski definition) is 1. The summed E-state index contributed by atoms with van der Waals surface area (Å²) < 4.78 is 1.58. The molecular weight excluding hydrogens is 348 g/mol. The molecule has 0 radical (unpaired) electrons. The van der Waals surface area contributed by atoms with Gasteiger partial charge in [0.15, 0.2) is 5.13 Å². The van der Waals surface area contributed by atoms with Crippen molar-refractivity contribution in [3.8, 4) is 0 Å². The van der Waals surface area contributed by atoms with Crippen LogP contribution in [0, 0.1) is 10.1 Å². The van der Waals surface area contributed by atoms with Crippen molar-refractivity contribution in [2.45, 2.75) is 0 Å². The molecule has 0 fully saturated rings. The first kappa shape index (κ1) is 14.7. The number of nitrogens with zero attached hydrogens (tertiary/aromatic N) is 3. The first-order chi connectivity index (χ1) is 11.6. The number of anilines is 1. The van der Waals surface area contributed by atoms with Gasteiger partial charge >= 0.3 is 0 Å². The lowest BCUT2D eigenvalue weighted by molar-refractivity contribution is -0.384. The summed E-state index contributed by atoms with van der Waals surface area (Å²) in [6.45, 7) is 0. The largest absolute Gasteiger partial charge is 0.298 e. The molecule has 1 amide bonds. The zero-order valence-corrected chi connectivity index (χ0v) is 13.6.